The van der Waals surface area contributed by atoms with Crippen molar-refractivity contribution >= 4 is 29.3 Å². The van der Waals surface area contributed by atoms with Crippen molar-refractivity contribution in [3.05, 3.63) is 60.2 Å². The Morgan fingerprint density at radius 3 is 2.20 bits per heavy atom. The molecule has 0 radical (unpaired) electrons. The Hall–Kier alpha value is -2.27. The van der Waals surface area contributed by atoms with Gasteiger partial charge in [0, 0.05) is 16.0 Å². The maximum atomic E-state index is 12.2. The van der Waals surface area contributed by atoms with Crippen molar-refractivity contribution in [2.24, 2.45) is 5.41 Å². The van der Waals surface area contributed by atoms with E-state index in [9.17, 15) is 14.7 Å². The molecule has 1 amide bonds. The summed E-state index contributed by atoms with van der Waals surface area (Å²) in [5.41, 5.74) is 0.955. The summed E-state index contributed by atoms with van der Waals surface area (Å²) >= 11 is 1.21. The lowest BCUT2D eigenvalue weighted by atomic mass is 9.89. The molecule has 0 fully saturated rings. The van der Waals surface area contributed by atoms with E-state index in [1.54, 1.807) is 48.5 Å². The van der Waals surface area contributed by atoms with E-state index in [4.69, 9.17) is 0 Å². The van der Waals surface area contributed by atoms with Gasteiger partial charge in [-0.15, -0.1) is 11.8 Å². The standard InChI is InChI=1S/C20H23NO3S/c1-4-20(2,3)19(24)21-15-10-12-16(13-11-15)25-17(18(22)23)14-8-6-5-7-9-14/h5-13,17H,4H2,1-3H3,(H,21,24)(H,22,23)/p-1. The first kappa shape index (κ1) is 19.1. The van der Waals surface area contributed by atoms with Gasteiger partial charge in [-0.3, -0.25) is 4.79 Å². The third-order valence-corrected chi connectivity index (χ3v) is 5.43. The van der Waals surface area contributed by atoms with Crippen LogP contribution in [0, 0.1) is 5.41 Å². The largest absolute Gasteiger partial charge is 0.549 e. The predicted octanol–water partition coefficient (Wildman–Crippen LogP) is 3.64. The summed E-state index contributed by atoms with van der Waals surface area (Å²) in [5, 5.41) is 13.6. The van der Waals surface area contributed by atoms with Crippen LogP contribution in [-0.2, 0) is 9.59 Å². The molecule has 0 aliphatic carbocycles. The van der Waals surface area contributed by atoms with E-state index in [1.165, 1.54) is 11.8 Å². The lowest BCUT2D eigenvalue weighted by molar-refractivity contribution is -0.305. The third kappa shape index (κ3) is 5.10. The first-order valence-electron chi connectivity index (χ1n) is 8.17. The molecule has 0 saturated carbocycles. The van der Waals surface area contributed by atoms with Crippen molar-refractivity contribution in [2.75, 3.05) is 5.32 Å². The second-order valence-corrected chi connectivity index (χ2v) is 7.62. The van der Waals surface area contributed by atoms with Crippen LogP contribution in [0.2, 0.25) is 0 Å². The van der Waals surface area contributed by atoms with Gasteiger partial charge in [-0.05, 0) is 36.2 Å². The van der Waals surface area contributed by atoms with Gasteiger partial charge in [0.25, 0.3) is 0 Å². The topological polar surface area (TPSA) is 69.2 Å². The molecule has 5 heteroatoms. The minimum absolute atomic E-state index is 0.0349. The second kappa shape index (κ2) is 8.21. The van der Waals surface area contributed by atoms with E-state index >= 15 is 0 Å². The first-order chi connectivity index (χ1) is 11.8. The predicted molar refractivity (Wildman–Crippen MR) is 99.2 cm³/mol. The number of aliphatic carboxylic acids is 1. The fourth-order valence-electron chi connectivity index (χ4n) is 2.09. The molecule has 1 unspecified atom stereocenters. The van der Waals surface area contributed by atoms with Gasteiger partial charge in [0.2, 0.25) is 5.91 Å². The van der Waals surface area contributed by atoms with Gasteiger partial charge >= 0.3 is 0 Å². The van der Waals surface area contributed by atoms with Crippen molar-refractivity contribution in [2.45, 2.75) is 37.3 Å². The highest BCUT2D eigenvalue weighted by Gasteiger charge is 2.25. The number of hydrogen-bond acceptors (Lipinski definition) is 4. The highest BCUT2D eigenvalue weighted by atomic mass is 32.2. The van der Waals surface area contributed by atoms with Crippen LogP contribution in [0.5, 0.6) is 0 Å². The van der Waals surface area contributed by atoms with E-state index in [0.29, 0.717) is 11.3 Å². The number of carboxylic acid groups (broad SMARTS) is 1. The molecule has 0 saturated heterocycles. The maximum Gasteiger partial charge on any atom is 0.230 e. The molecule has 25 heavy (non-hydrogen) atoms. The lowest BCUT2D eigenvalue weighted by Crippen LogP contribution is -2.29. The smallest absolute Gasteiger partial charge is 0.230 e. The molecule has 1 atom stereocenters. The molecule has 0 bridgehead atoms. The van der Waals surface area contributed by atoms with Crippen LogP contribution in [0.15, 0.2) is 59.5 Å². The van der Waals surface area contributed by atoms with E-state index in [2.05, 4.69) is 5.32 Å². The molecule has 2 aromatic rings. The highest BCUT2D eigenvalue weighted by molar-refractivity contribution is 8.00. The summed E-state index contributed by atoms with van der Waals surface area (Å²) in [6.45, 7) is 5.77. The van der Waals surface area contributed by atoms with Gasteiger partial charge in [0.05, 0.1) is 11.2 Å². The molecule has 0 aliphatic rings. The Balaban J connectivity index is 2.09. The number of amides is 1. The monoisotopic (exact) mass is 356 g/mol. The van der Waals surface area contributed by atoms with E-state index in [-0.39, 0.29) is 5.91 Å². The van der Waals surface area contributed by atoms with Crippen LogP contribution >= 0.6 is 11.8 Å². The van der Waals surface area contributed by atoms with Gasteiger partial charge in [0.1, 0.15) is 0 Å². The van der Waals surface area contributed by atoms with Crippen LogP contribution in [0.3, 0.4) is 0 Å². The zero-order chi connectivity index (χ0) is 18.4. The summed E-state index contributed by atoms with van der Waals surface area (Å²) in [6, 6.07) is 16.2. The average Bonchev–Trinajstić information content (AvgIpc) is 2.61. The Morgan fingerprint density at radius 2 is 1.68 bits per heavy atom. The van der Waals surface area contributed by atoms with Crippen molar-refractivity contribution in [1.82, 2.24) is 0 Å². The van der Waals surface area contributed by atoms with E-state index < -0.39 is 16.6 Å². The molecule has 1 N–H and O–H groups in total. The Morgan fingerprint density at radius 1 is 1.08 bits per heavy atom. The molecule has 4 nitrogen and oxygen atoms in total. The number of carboxylic acids is 1. The first-order valence-corrected chi connectivity index (χ1v) is 9.05. The minimum atomic E-state index is -1.13. The second-order valence-electron chi connectivity index (χ2n) is 6.44. The van der Waals surface area contributed by atoms with Gasteiger partial charge in [0.15, 0.2) is 0 Å². The number of nitrogens with one attached hydrogen (secondary N) is 1. The van der Waals surface area contributed by atoms with Crippen LogP contribution in [0.4, 0.5) is 5.69 Å². The summed E-state index contributed by atoms with van der Waals surface area (Å²) < 4.78 is 0. The number of thioether (sulfide) groups is 1. The SMILES string of the molecule is CCC(C)(C)C(=O)Nc1ccc(SC(C(=O)[O-])c2ccccc2)cc1. The fourth-order valence-corrected chi connectivity index (χ4v) is 3.05. The third-order valence-electron chi connectivity index (χ3n) is 4.18. The molecule has 0 heterocycles. The van der Waals surface area contributed by atoms with Gasteiger partial charge in [-0.25, -0.2) is 0 Å². The molecule has 0 aliphatic heterocycles. The van der Waals surface area contributed by atoms with Crippen molar-refractivity contribution < 1.29 is 14.7 Å². The number of carbonyl (C=O) groups excluding carboxylic acids is 2. The molecule has 2 rings (SSSR count). The fraction of sp³-hybridized carbons (Fsp3) is 0.300. The number of hydrogen-bond donors (Lipinski definition) is 1. The molecular formula is C20H22NO3S-. The number of carbonyl (C=O) groups is 2. The molecule has 2 aromatic carbocycles. The Bertz CT molecular complexity index is 726. The maximum absolute atomic E-state index is 12.2. The number of anilines is 1. The zero-order valence-corrected chi connectivity index (χ0v) is 15.4. The van der Waals surface area contributed by atoms with Crippen LogP contribution in [0.25, 0.3) is 0 Å². The summed E-state index contributed by atoms with van der Waals surface area (Å²) in [7, 11) is 0. The van der Waals surface area contributed by atoms with E-state index in [1.807, 2.05) is 26.8 Å². The van der Waals surface area contributed by atoms with Gasteiger partial charge in [-0.2, -0.15) is 0 Å². The zero-order valence-electron chi connectivity index (χ0n) is 14.6. The molecule has 0 aromatic heterocycles. The van der Waals surface area contributed by atoms with Gasteiger partial charge in [-0.1, -0.05) is 51.1 Å². The Kier molecular flexibility index (Phi) is 6.26. The van der Waals surface area contributed by atoms with E-state index in [0.717, 1.165) is 11.3 Å². The minimum Gasteiger partial charge on any atom is -0.549 e. The highest BCUT2D eigenvalue weighted by Crippen LogP contribution is 2.35. The normalized spacial score (nSPS) is 12.4. The van der Waals surface area contributed by atoms with Gasteiger partial charge < -0.3 is 15.2 Å². The quantitative estimate of drug-likeness (QED) is 0.769. The number of rotatable bonds is 7. The summed E-state index contributed by atoms with van der Waals surface area (Å²) in [6.07, 6.45) is 0.747. The average molecular weight is 356 g/mol. The van der Waals surface area contributed by atoms with Crippen molar-refractivity contribution in [1.29, 1.82) is 0 Å². The number of benzene rings is 2. The van der Waals surface area contributed by atoms with Crippen molar-refractivity contribution in [3.8, 4) is 0 Å². The molecular weight excluding hydrogens is 334 g/mol. The van der Waals surface area contributed by atoms with Crippen LogP contribution in [0.1, 0.15) is 38.0 Å². The summed E-state index contributed by atoms with van der Waals surface area (Å²) in [5.74, 6) is -1.16. The summed E-state index contributed by atoms with van der Waals surface area (Å²) in [4.78, 5) is 24.5. The molecule has 132 valence electrons. The molecule has 0 spiro atoms. The van der Waals surface area contributed by atoms with Crippen LogP contribution in [-0.4, -0.2) is 11.9 Å². The Labute approximate surface area is 152 Å². The lowest BCUT2D eigenvalue weighted by Gasteiger charge is -2.21. The van der Waals surface area contributed by atoms with Crippen LogP contribution < -0.4 is 10.4 Å². The van der Waals surface area contributed by atoms with Crippen molar-refractivity contribution in [3.63, 3.8) is 0 Å².